The molecule has 0 atom stereocenters. The minimum absolute atomic E-state index is 0.167. The van der Waals surface area contributed by atoms with E-state index in [2.05, 4.69) is 5.32 Å². The Bertz CT molecular complexity index is 634. The van der Waals surface area contributed by atoms with Crippen LogP contribution in [0.5, 0.6) is 5.75 Å². The Kier molecular flexibility index (Phi) is 3.94. The van der Waals surface area contributed by atoms with E-state index in [1.807, 2.05) is 19.9 Å². The molecule has 4 nitrogen and oxygen atoms in total. The van der Waals surface area contributed by atoms with E-state index in [0.717, 1.165) is 16.9 Å². The fraction of sp³-hybridized carbons (Fsp3) is 0.188. The fourth-order valence-corrected chi connectivity index (χ4v) is 1.99. The highest BCUT2D eigenvalue weighted by Gasteiger charge is 2.11. The fourth-order valence-electron chi connectivity index (χ4n) is 1.99. The molecule has 0 heterocycles. The van der Waals surface area contributed by atoms with Crippen LogP contribution in [0.25, 0.3) is 0 Å². The van der Waals surface area contributed by atoms with Gasteiger partial charge in [-0.25, -0.2) is 0 Å². The van der Waals surface area contributed by atoms with Gasteiger partial charge in [-0.05, 0) is 55.3 Å². The van der Waals surface area contributed by atoms with E-state index in [-0.39, 0.29) is 5.91 Å². The lowest BCUT2D eigenvalue weighted by atomic mass is 10.0. The van der Waals surface area contributed by atoms with Crippen LogP contribution in [0.4, 0.5) is 11.4 Å². The smallest absolute Gasteiger partial charge is 0.256 e. The second-order valence-corrected chi connectivity index (χ2v) is 4.71. The number of nitrogens with two attached hydrogens (primary N) is 1. The van der Waals surface area contributed by atoms with Gasteiger partial charge in [0.1, 0.15) is 5.75 Å². The molecule has 4 heteroatoms. The summed E-state index contributed by atoms with van der Waals surface area (Å²) in [4.78, 5) is 12.3. The van der Waals surface area contributed by atoms with E-state index in [1.165, 1.54) is 0 Å². The summed E-state index contributed by atoms with van der Waals surface area (Å²) in [5, 5.41) is 2.85. The largest absolute Gasteiger partial charge is 0.497 e. The normalized spacial score (nSPS) is 10.2. The first kappa shape index (κ1) is 13.9. The minimum atomic E-state index is -0.167. The van der Waals surface area contributed by atoms with E-state index >= 15 is 0 Å². The zero-order valence-corrected chi connectivity index (χ0v) is 11.9. The number of benzene rings is 2. The minimum Gasteiger partial charge on any atom is -0.497 e. The third kappa shape index (κ3) is 2.91. The zero-order chi connectivity index (χ0) is 14.7. The Morgan fingerprint density at radius 2 is 1.75 bits per heavy atom. The lowest BCUT2D eigenvalue weighted by Crippen LogP contribution is -2.14. The number of anilines is 2. The van der Waals surface area contributed by atoms with Crippen molar-refractivity contribution in [2.45, 2.75) is 13.8 Å². The van der Waals surface area contributed by atoms with E-state index < -0.39 is 0 Å². The Morgan fingerprint density at radius 1 is 1.10 bits per heavy atom. The van der Waals surface area contributed by atoms with Gasteiger partial charge in [0.25, 0.3) is 5.91 Å². The predicted molar refractivity (Wildman–Crippen MR) is 81.3 cm³/mol. The Morgan fingerprint density at radius 3 is 2.35 bits per heavy atom. The second kappa shape index (κ2) is 5.65. The molecule has 1 amide bonds. The van der Waals surface area contributed by atoms with Gasteiger partial charge in [-0.2, -0.15) is 0 Å². The van der Waals surface area contributed by atoms with Crippen molar-refractivity contribution >= 4 is 17.3 Å². The van der Waals surface area contributed by atoms with Gasteiger partial charge in [-0.1, -0.05) is 6.07 Å². The van der Waals surface area contributed by atoms with Crippen LogP contribution in [0.1, 0.15) is 21.5 Å². The van der Waals surface area contributed by atoms with E-state index in [0.29, 0.717) is 16.9 Å². The number of hydrogen-bond donors (Lipinski definition) is 2. The molecule has 0 aromatic heterocycles. The van der Waals surface area contributed by atoms with Gasteiger partial charge < -0.3 is 15.8 Å². The van der Waals surface area contributed by atoms with E-state index in [1.54, 1.807) is 37.4 Å². The molecule has 0 bridgehead atoms. The van der Waals surface area contributed by atoms with E-state index in [4.69, 9.17) is 10.5 Å². The highest BCUT2D eigenvalue weighted by atomic mass is 16.5. The number of aryl methyl sites for hydroxylation is 2. The summed E-state index contributed by atoms with van der Waals surface area (Å²) in [6.07, 6.45) is 0. The maximum atomic E-state index is 12.3. The highest BCUT2D eigenvalue weighted by molar-refractivity contribution is 6.05. The molecule has 104 valence electrons. The number of nitrogen functional groups attached to an aromatic ring is 1. The molecule has 0 aliphatic rings. The first-order chi connectivity index (χ1) is 9.51. The number of rotatable bonds is 3. The summed E-state index contributed by atoms with van der Waals surface area (Å²) < 4.78 is 5.08. The topological polar surface area (TPSA) is 64.3 Å². The van der Waals surface area contributed by atoms with Crippen molar-refractivity contribution in [3.8, 4) is 5.75 Å². The summed E-state index contributed by atoms with van der Waals surface area (Å²) in [7, 11) is 1.60. The van der Waals surface area contributed by atoms with Crippen molar-refractivity contribution in [3.63, 3.8) is 0 Å². The third-order valence-electron chi connectivity index (χ3n) is 3.21. The average Bonchev–Trinajstić information content (AvgIpc) is 2.43. The van der Waals surface area contributed by atoms with Crippen molar-refractivity contribution in [3.05, 3.63) is 53.1 Å². The summed E-state index contributed by atoms with van der Waals surface area (Å²) in [5.74, 6) is 0.582. The average molecular weight is 270 g/mol. The zero-order valence-electron chi connectivity index (χ0n) is 11.9. The van der Waals surface area contributed by atoms with Crippen LogP contribution in [-0.4, -0.2) is 13.0 Å². The molecule has 0 spiro atoms. The van der Waals surface area contributed by atoms with Gasteiger partial charge in [-0.3, -0.25) is 4.79 Å². The molecular weight excluding hydrogens is 252 g/mol. The van der Waals surface area contributed by atoms with Crippen LogP contribution in [0.3, 0.4) is 0 Å². The van der Waals surface area contributed by atoms with Gasteiger partial charge in [0, 0.05) is 16.9 Å². The number of carbonyl (C=O) groups excluding carboxylic acids is 1. The van der Waals surface area contributed by atoms with Crippen molar-refractivity contribution in [1.82, 2.24) is 0 Å². The summed E-state index contributed by atoms with van der Waals surface area (Å²) in [6.45, 7) is 3.82. The molecule has 0 radical (unpaired) electrons. The van der Waals surface area contributed by atoms with Crippen molar-refractivity contribution < 1.29 is 9.53 Å². The lowest BCUT2D eigenvalue weighted by molar-refractivity contribution is 0.102. The maximum absolute atomic E-state index is 12.3. The Labute approximate surface area is 118 Å². The maximum Gasteiger partial charge on any atom is 0.256 e. The van der Waals surface area contributed by atoms with Gasteiger partial charge >= 0.3 is 0 Å². The molecule has 2 aromatic rings. The Balaban J connectivity index is 2.21. The van der Waals surface area contributed by atoms with Crippen LogP contribution in [0.2, 0.25) is 0 Å². The van der Waals surface area contributed by atoms with Crippen molar-refractivity contribution in [1.29, 1.82) is 0 Å². The monoisotopic (exact) mass is 270 g/mol. The number of methoxy groups -OCH3 is 1. The number of nitrogens with one attached hydrogen (secondary N) is 1. The van der Waals surface area contributed by atoms with Crippen LogP contribution in [0, 0.1) is 13.8 Å². The van der Waals surface area contributed by atoms with Crippen molar-refractivity contribution in [2.75, 3.05) is 18.2 Å². The van der Waals surface area contributed by atoms with Crippen molar-refractivity contribution in [2.24, 2.45) is 0 Å². The molecule has 20 heavy (non-hydrogen) atoms. The number of ether oxygens (including phenoxy) is 1. The summed E-state index contributed by atoms with van der Waals surface area (Å²) >= 11 is 0. The lowest BCUT2D eigenvalue weighted by Gasteiger charge is -2.10. The van der Waals surface area contributed by atoms with Crippen LogP contribution in [0.15, 0.2) is 36.4 Å². The van der Waals surface area contributed by atoms with Gasteiger partial charge in [0.2, 0.25) is 0 Å². The Hall–Kier alpha value is -2.49. The summed E-state index contributed by atoms with van der Waals surface area (Å²) in [5.41, 5.74) is 9.67. The molecule has 0 saturated heterocycles. The van der Waals surface area contributed by atoms with Crippen LogP contribution in [-0.2, 0) is 0 Å². The van der Waals surface area contributed by atoms with Gasteiger partial charge in [0.05, 0.1) is 7.11 Å². The molecule has 2 aromatic carbocycles. The molecule has 0 unspecified atom stereocenters. The SMILES string of the molecule is COc1ccc(NC(=O)c2cc(N)c(C)cc2C)cc1. The van der Waals surface area contributed by atoms with Crippen LogP contribution >= 0.6 is 0 Å². The number of amides is 1. The molecule has 2 rings (SSSR count). The standard InChI is InChI=1S/C16H18N2O2/c1-10-8-11(2)15(17)9-14(10)16(19)18-12-4-6-13(20-3)7-5-12/h4-9H,17H2,1-3H3,(H,18,19). The third-order valence-corrected chi connectivity index (χ3v) is 3.21. The molecule has 0 aliphatic carbocycles. The molecular formula is C16H18N2O2. The molecule has 0 saturated carbocycles. The number of carbonyl (C=O) groups is 1. The predicted octanol–water partition coefficient (Wildman–Crippen LogP) is 3.15. The van der Waals surface area contributed by atoms with Gasteiger partial charge in [-0.15, -0.1) is 0 Å². The molecule has 3 N–H and O–H groups in total. The van der Waals surface area contributed by atoms with E-state index in [9.17, 15) is 4.79 Å². The first-order valence-electron chi connectivity index (χ1n) is 6.33. The molecule has 0 aliphatic heterocycles. The quantitative estimate of drug-likeness (QED) is 0.842. The molecule has 0 fully saturated rings. The number of hydrogen-bond acceptors (Lipinski definition) is 3. The summed E-state index contributed by atoms with van der Waals surface area (Å²) in [6, 6.07) is 10.8. The van der Waals surface area contributed by atoms with Crippen LogP contribution < -0.4 is 15.8 Å². The van der Waals surface area contributed by atoms with Gasteiger partial charge in [0.15, 0.2) is 0 Å². The first-order valence-corrected chi connectivity index (χ1v) is 6.33. The second-order valence-electron chi connectivity index (χ2n) is 4.71. The highest BCUT2D eigenvalue weighted by Crippen LogP contribution is 2.20.